The van der Waals surface area contributed by atoms with Crippen LogP contribution in [0.1, 0.15) is 37.7 Å². The molecule has 0 aromatic heterocycles. The van der Waals surface area contributed by atoms with E-state index in [9.17, 15) is 0 Å². The molecule has 3 nitrogen and oxygen atoms in total. The summed E-state index contributed by atoms with van der Waals surface area (Å²) < 4.78 is 12.5. The Hall–Kier alpha value is -0.740. The van der Waals surface area contributed by atoms with Gasteiger partial charge in [-0.2, -0.15) is 0 Å². The molecule has 1 saturated carbocycles. The van der Waals surface area contributed by atoms with Crippen LogP contribution in [0.15, 0.2) is 16.6 Å². The van der Waals surface area contributed by atoms with E-state index in [4.69, 9.17) is 15.2 Å². The number of halogens is 1. The van der Waals surface area contributed by atoms with Crippen LogP contribution < -0.4 is 15.2 Å². The van der Waals surface area contributed by atoms with Gasteiger partial charge in [-0.05, 0) is 78.7 Å². The molecule has 0 spiro atoms. The smallest absolute Gasteiger partial charge is 0.175 e. The quantitative estimate of drug-likeness (QED) is 0.866. The van der Waals surface area contributed by atoms with Gasteiger partial charge in [0.25, 0.3) is 0 Å². The predicted molar refractivity (Wildman–Crippen MR) is 81.0 cm³/mol. The Balaban J connectivity index is 2.16. The van der Waals surface area contributed by atoms with Crippen molar-refractivity contribution in [3.8, 4) is 11.5 Å². The van der Waals surface area contributed by atoms with Crippen molar-refractivity contribution in [3.05, 3.63) is 22.2 Å². The van der Waals surface area contributed by atoms with E-state index in [-0.39, 0.29) is 0 Å². The van der Waals surface area contributed by atoms with Gasteiger partial charge in [0, 0.05) is 0 Å². The molecule has 0 unspecified atom stereocenters. The Morgan fingerprint density at radius 2 is 2.05 bits per heavy atom. The second-order valence-electron chi connectivity index (χ2n) is 5.03. The zero-order chi connectivity index (χ0) is 13.7. The molecule has 1 aromatic carbocycles. The van der Waals surface area contributed by atoms with Gasteiger partial charge in [-0.3, -0.25) is 0 Å². The third-order valence-electron chi connectivity index (χ3n) is 3.55. The molecule has 19 heavy (non-hydrogen) atoms. The molecule has 4 heteroatoms. The minimum atomic E-state index is 0.333. The van der Waals surface area contributed by atoms with Crippen molar-refractivity contribution in [3.63, 3.8) is 0 Å². The zero-order valence-corrected chi connectivity index (χ0v) is 13.0. The summed E-state index contributed by atoms with van der Waals surface area (Å²) in [5.74, 6) is 1.65. The molecule has 2 rings (SSSR count). The minimum absolute atomic E-state index is 0.333. The van der Waals surface area contributed by atoms with Crippen LogP contribution in [0.4, 0.5) is 0 Å². The van der Waals surface area contributed by atoms with Crippen LogP contribution in [0.2, 0.25) is 0 Å². The summed E-state index contributed by atoms with van der Waals surface area (Å²) in [6.45, 7) is 0.709. The molecule has 106 valence electrons. The molecule has 0 aliphatic heterocycles. The number of aryl methyl sites for hydroxylation is 1. The maximum absolute atomic E-state index is 6.09. The van der Waals surface area contributed by atoms with E-state index in [0.717, 1.165) is 41.7 Å². The van der Waals surface area contributed by atoms with Crippen molar-refractivity contribution in [2.45, 2.75) is 44.6 Å². The van der Waals surface area contributed by atoms with Gasteiger partial charge < -0.3 is 15.2 Å². The van der Waals surface area contributed by atoms with Gasteiger partial charge in [-0.1, -0.05) is 0 Å². The molecule has 1 aromatic rings. The van der Waals surface area contributed by atoms with Crippen LogP contribution in [0.3, 0.4) is 0 Å². The van der Waals surface area contributed by atoms with E-state index in [0.29, 0.717) is 12.6 Å². The van der Waals surface area contributed by atoms with Gasteiger partial charge in [0.05, 0.1) is 17.7 Å². The summed E-state index contributed by atoms with van der Waals surface area (Å²) in [5, 5.41) is 0. The molecule has 0 saturated heterocycles. The SMILES string of the molecule is COc1cc(CCCN)cc(Br)c1OC1CCCC1. The molecule has 0 heterocycles. The van der Waals surface area contributed by atoms with Crippen LogP contribution in [-0.2, 0) is 6.42 Å². The number of hydrogen-bond donors (Lipinski definition) is 1. The summed E-state index contributed by atoms with van der Waals surface area (Å²) in [4.78, 5) is 0. The molecule has 0 atom stereocenters. The van der Waals surface area contributed by atoms with Crippen molar-refractivity contribution in [1.29, 1.82) is 0 Å². The van der Waals surface area contributed by atoms with E-state index in [2.05, 4.69) is 28.1 Å². The molecule has 0 radical (unpaired) electrons. The first-order valence-electron chi connectivity index (χ1n) is 6.97. The zero-order valence-electron chi connectivity index (χ0n) is 11.5. The monoisotopic (exact) mass is 327 g/mol. The van der Waals surface area contributed by atoms with E-state index >= 15 is 0 Å². The number of ether oxygens (including phenoxy) is 2. The van der Waals surface area contributed by atoms with E-state index < -0.39 is 0 Å². The molecule has 2 N–H and O–H groups in total. The Bertz CT molecular complexity index is 417. The summed E-state index contributed by atoms with van der Waals surface area (Å²) in [5.41, 5.74) is 6.79. The predicted octanol–water partition coefficient (Wildman–Crippen LogP) is 3.67. The summed E-state index contributed by atoms with van der Waals surface area (Å²) >= 11 is 3.60. The average molecular weight is 328 g/mol. The van der Waals surface area contributed by atoms with Crippen LogP contribution in [0.5, 0.6) is 11.5 Å². The normalized spacial score (nSPS) is 15.7. The summed E-state index contributed by atoms with van der Waals surface area (Å²) in [6.07, 6.45) is 7.10. The maximum atomic E-state index is 6.09. The van der Waals surface area contributed by atoms with Crippen LogP contribution in [-0.4, -0.2) is 19.8 Å². The third kappa shape index (κ3) is 3.86. The first kappa shape index (κ1) is 14.7. The van der Waals surface area contributed by atoms with E-state index in [1.54, 1.807) is 7.11 Å². The van der Waals surface area contributed by atoms with Crippen molar-refractivity contribution in [1.82, 2.24) is 0 Å². The lowest BCUT2D eigenvalue weighted by molar-refractivity contribution is 0.199. The standard InChI is InChI=1S/C15H22BrNO2/c1-18-14-10-11(5-4-8-17)9-13(16)15(14)19-12-6-2-3-7-12/h9-10,12H,2-8,17H2,1H3. The van der Waals surface area contributed by atoms with Crippen molar-refractivity contribution >= 4 is 15.9 Å². The van der Waals surface area contributed by atoms with Crippen LogP contribution in [0, 0.1) is 0 Å². The fourth-order valence-electron chi connectivity index (χ4n) is 2.51. The molecular weight excluding hydrogens is 306 g/mol. The van der Waals surface area contributed by atoms with Crippen LogP contribution >= 0.6 is 15.9 Å². The van der Waals surface area contributed by atoms with Gasteiger partial charge in [0.1, 0.15) is 0 Å². The second kappa shape index (κ2) is 7.15. The van der Waals surface area contributed by atoms with Crippen LogP contribution in [0.25, 0.3) is 0 Å². The fraction of sp³-hybridized carbons (Fsp3) is 0.600. The van der Waals surface area contributed by atoms with E-state index in [1.165, 1.54) is 18.4 Å². The fourth-order valence-corrected chi connectivity index (χ4v) is 3.09. The second-order valence-corrected chi connectivity index (χ2v) is 5.88. The highest BCUT2D eigenvalue weighted by molar-refractivity contribution is 9.10. The third-order valence-corrected chi connectivity index (χ3v) is 4.13. The van der Waals surface area contributed by atoms with Gasteiger partial charge in [0.15, 0.2) is 11.5 Å². The van der Waals surface area contributed by atoms with Gasteiger partial charge in [-0.15, -0.1) is 0 Å². The largest absolute Gasteiger partial charge is 0.493 e. The number of methoxy groups -OCH3 is 1. The maximum Gasteiger partial charge on any atom is 0.175 e. The van der Waals surface area contributed by atoms with Gasteiger partial charge in [0.2, 0.25) is 0 Å². The topological polar surface area (TPSA) is 44.5 Å². The van der Waals surface area contributed by atoms with Crippen molar-refractivity contribution in [2.24, 2.45) is 5.73 Å². The number of benzene rings is 1. The van der Waals surface area contributed by atoms with Gasteiger partial charge in [-0.25, -0.2) is 0 Å². The highest BCUT2D eigenvalue weighted by Gasteiger charge is 2.20. The molecule has 0 amide bonds. The Labute approximate surface area is 123 Å². The Kier molecular flexibility index (Phi) is 5.52. The Morgan fingerprint density at radius 3 is 2.68 bits per heavy atom. The lowest BCUT2D eigenvalue weighted by Gasteiger charge is -2.18. The number of nitrogens with two attached hydrogens (primary N) is 1. The number of rotatable bonds is 6. The lowest BCUT2D eigenvalue weighted by atomic mass is 10.1. The Morgan fingerprint density at radius 1 is 1.32 bits per heavy atom. The van der Waals surface area contributed by atoms with Crippen molar-refractivity contribution < 1.29 is 9.47 Å². The molecule has 1 fully saturated rings. The first-order valence-corrected chi connectivity index (χ1v) is 7.77. The summed E-state index contributed by atoms with van der Waals surface area (Å²) in [7, 11) is 1.69. The van der Waals surface area contributed by atoms with Crippen molar-refractivity contribution in [2.75, 3.05) is 13.7 Å². The molecular formula is C15H22BrNO2. The highest BCUT2D eigenvalue weighted by atomic mass is 79.9. The highest BCUT2D eigenvalue weighted by Crippen LogP contribution is 2.39. The van der Waals surface area contributed by atoms with Gasteiger partial charge >= 0.3 is 0 Å². The lowest BCUT2D eigenvalue weighted by Crippen LogP contribution is -2.12. The number of hydrogen-bond acceptors (Lipinski definition) is 3. The summed E-state index contributed by atoms with van der Waals surface area (Å²) in [6, 6.07) is 4.17. The van der Waals surface area contributed by atoms with E-state index in [1.807, 2.05) is 0 Å². The average Bonchev–Trinajstić information content (AvgIpc) is 2.91. The molecule has 1 aliphatic carbocycles. The first-order chi connectivity index (χ1) is 9.24. The minimum Gasteiger partial charge on any atom is -0.493 e. The molecule has 0 bridgehead atoms. The molecule has 1 aliphatic rings.